The van der Waals surface area contributed by atoms with Crippen molar-refractivity contribution in [3.8, 4) is 0 Å². The van der Waals surface area contributed by atoms with E-state index in [9.17, 15) is 4.79 Å². The second-order valence-corrected chi connectivity index (χ2v) is 6.99. The van der Waals surface area contributed by atoms with E-state index in [1.807, 2.05) is 41.5 Å². The van der Waals surface area contributed by atoms with E-state index in [0.29, 0.717) is 12.6 Å². The van der Waals surface area contributed by atoms with Crippen molar-refractivity contribution >= 4 is 6.09 Å². The van der Waals surface area contributed by atoms with Crippen molar-refractivity contribution in [3.05, 3.63) is 0 Å². The van der Waals surface area contributed by atoms with Gasteiger partial charge in [0.1, 0.15) is 5.60 Å². The number of nitrogens with zero attached hydrogens (tertiary/aromatic N) is 1. The molecule has 1 rings (SSSR count). The zero-order valence-electron chi connectivity index (χ0n) is 13.1. The fourth-order valence-electron chi connectivity index (χ4n) is 1.75. The fourth-order valence-corrected chi connectivity index (χ4v) is 1.75. The van der Waals surface area contributed by atoms with E-state index in [0.717, 1.165) is 19.8 Å². The molecule has 1 aliphatic rings. The number of carbonyl (C=O) groups excluding carboxylic acids is 1. The van der Waals surface area contributed by atoms with Gasteiger partial charge in [-0.05, 0) is 41.5 Å². The van der Waals surface area contributed by atoms with Gasteiger partial charge in [0.05, 0.1) is 19.3 Å². The van der Waals surface area contributed by atoms with Crippen LogP contribution in [0.3, 0.4) is 0 Å². The molecule has 1 fully saturated rings. The molecule has 19 heavy (non-hydrogen) atoms. The lowest BCUT2D eigenvalue weighted by Crippen LogP contribution is -2.53. The summed E-state index contributed by atoms with van der Waals surface area (Å²) in [6.07, 6.45) is -0.258. The van der Waals surface area contributed by atoms with E-state index in [2.05, 4.69) is 5.32 Å². The van der Waals surface area contributed by atoms with E-state index in [1.54, 1.807) is 4.90 Å². The van der Waals surface area contributed by atoms with Crippen molar-refractivity contribution < 1.29 is 14.3 Å². The maximum atomic E-state index is 12.2. The molecular formula is C14H28N2O3. The lowest BCUT2D eigenvalue weighted by atomic mass is 10.1. The van der Waals surface area contributed by atoms with Crippen molar-refractivity contribution in [2.75, 3.05) is 26.3 Å². The summed E-state index contributed by atoms with van der Waals surface area (Å²) in [5.41, 5.74) is -0.712. The zero-order chi connectivity index (χ0) is 14.7. The van der Waals surface area contributed by atoms with Crippen LogP contribution in [0.25, 0.3) is 0 Å². The van der Waals surface area contributed by atoms with Crippen LogP contribution in [-0.2, 0) is 9.47 Å². The SMILES string of the molecule is CC(C)(C)OC(=O)N(CCNC1COC1)C(C)(C)C. The number of ether oxygens (including phenoxy) is 2. The molecule has 1 N–H and O–H groups in total. The molecule has 5 nitrogen and oxygen atoms in total. The predicted octanol–water partition coefficient (Wildman–Crippen LogP) is 2.01. The van der Waals surface area contributed by atoms with Crippen molar-refractivity contribution in [3.63, 3.8) is 0 Å². The third-order valence-electron chi connectivity index (χ3n) is 2.83. The van der Waals surface area contributed by atoms with Gasteiger partial charge in [-0.25, -0.2) is 4.79 Å². The van der Waals surface area contributed by atoms with Crippen LogP contribution in [0.5, 0.6) is 0 Å². The first kappa shape index (κ1) is 16.2. The number of carbonyl (C=O) groups is 1. The molecule has 5 heteroatoms. The van der Waals surface area contributed by atoms with Crippen molar-refractivity contribution in [2.45, 2.75) is 58.7 Å². The van der Waals surface area contributed by atoms with Gasteiger partial charge in [0.2, 0.25) is 0 Å². The number of hydrogen-bond donors (Lipinski definition) is 1. The number of rotatable bonds is 4. The molecule has 1 saturated heterocycles. The van der Waals surface area contributed by atoms with Gasteiger partial charge in [0.25, 0.3) is 0 Å². The third-order valence-corrected chi connectivity index (χ3v) is 2.83. The summed E-state index contributed by atoms with van der Waals surface area (Å²) in [6.45, 7) is 14.6. The summed E-state index contributed by atoms with van der Waals surface area (Å²) in [4.78, 5) is 14.0. The minimum Gasteiger partial charge on any atom is -0.444 e. The van der Waals surface area contributed by atoms with E-state index in [1.165, 1.54) is 0 Å². The highest BCUT2D eigenvalue weighted by molar-refractivity contribution is 5.69. The Bertz CT molecular complexity index is 301. The van der Waals surface area contributed by atoms with Crippen LogP contribution in [-0.4, -0.2) is 54.5 Å². The average molecular weight is 272 g/mol. The molecule has 0 aromatic rings. The van der Waals surface area contributed by atoms with Crippen LogP contribution in [0.1, 0.15) is 41.5 Å². The molecule has 1 aliphatic heterocycles. The van der Waals surface area contributed by atoms with Crippen LogP contribution >= 0.6 is 0 Å². The molecule has 0 bridgehead atoms. The van der Waals surface area contributed by atoms with Gasteiger partial charge in [0.15, 0.2) is 0 Å². The molecule has 0 saturated carbocycles. The second-order valence-electron chi connectivity index (χ2n) is 6.99. The van der Waals surface area contributed by atoms with Crippen LogP contribution in [0.2, 0.25) is 0 Å². The summed E-state index contributed by atoms with van der Waals surface area (Å²) in [5, 5.41) is 3.36. The number of nitrogens with one attached hydrogen (secondary N) is 1. The normalized spacial score (nSPS) is 16.9. The van der Waals surface area contributed by atoms with Crippen LogP contribution < -0.4 is 5.32 Å². The molecule has 1 heterocycles. The quantitative estimate of drug-likeness (QED) is 0.850. The van der Waals surface area contributed by atoms with Gasteiger partial charge < -0.3 is 19.7 Å². The van der Waals surface area contributed by atoms with E-state index in [-0.39, 0.29) is 11.6 Å². The summed E-state index contributed by atoms with van der Waals surface area (Å²) in [6, 6.07) is 0.431. The molecule has 0 unspecified atom stereocenters. The van der Waals surface area contributed by atoms with Crippen LogP contribution in [0, 0.1) is 0 Å². The van der Waals surface area contributed by atoms with Crippen LogP contribution in [0.15, 0.2) is 0 Å². The Hall–Kier alpha value is -0.810. The smallest absolute Gasteiger partial charge is 0.410 e. The molecule has 0 aromatic heterocycles. The third kappa shape index (κ3) is 5.78. The van der Waals surface area contributed by atoms with Crippen molar-refractivity contribution in [2.24, 2.45) is 0 Å². The molecule has 0 spiro atoms. The first-order valence-electron chi connectivity index (χ1n) is 6.91. The van der Waals surface area contributed by atoms with E-state index < -0.39 is 5.60 Å². The van der Waals surface area contributed by atoms with Gasteiger partial charge in [-0.2, -0.15) is 0 Å². The minimum atomic E-state index is -0.462. The molecule has 1 amide bonds. The minimum absolute atomic E-state index is 0.250. The molecular weight excluding hydrogens is 244 g/mol. The second kappa shape index (κ2) is 6.09. The molecule has 0 aliphatic carbocycles. The monoisotopic (exact) mass is 272 g/mol. The summed E-state index contributed by atoms with van der Waals surface area (Å²) >= 11 is 0. The molecule has 112 valence electrons. The van der Waals surface area contributed by atoms with Crippen molar-refractivity contribution in [1.29, 1.82) is 0 Å². The number of hydrogen-bond acceptors (Lipinski definition) is 4. The van der Waals surface area contributed by atoms with E-state index >= 15 is 0 Å². The lowest BCUT2D eigenvalue weighted by Gasteiger charge is -2.37. The van der Waals surface area contributed by atoms with Gasteiger partial charge in [-0.15, -0.1) is 0 Å². The maximum absolute atomic E-state index is 12.2. The first-order valence-corrected chi connectivity index (χ1v) is 6.91. The first-order chi connectivity index (χ1) is 8.59. The van der Waals surface area contributed by atoms with Gasteiger partial charge in [-0.3, -0.25) is 0 Å². The Morgan fingerprint density at radius 1 is 1.26 bits per heavy atom. The molecule has 0 aromatic carbocycles. The van der Waals surface area contributed by atoms with Crippen molar-refractivity contribution in [1.82, 2.24) is 10.2 Å². The summed E-state index contributed by atoms with van der Waals surface area (Å²) < 4.78 is 10.6. The topological polar surface area (TPSA) is 50.8 Å². The molecule has 0 radical (unpaired) electrons. The standard InChI is InChI=1S/C14H28N2O3/c1-13(2,3)16(12(17)19-14(4,5)6)8-7-15-11-9-18-10-11/h11,15H,7-10H2,1-6H3. The Morgan fingerprint density at radius 3 is 2.21 bits per heavy atom. The highest BCUT2D eigenvalue weighted by Crippen LogP contribution is 2.18. The average Bonchev–Trinajstić information content (AvgIpc) is 2.09. The molecule has 0 atom stereocenters. The van der Waals surface area contributed by atoms with Gasteiger partial charge >= 0.3 is 6.09 Å². The Morgan fingerprint density at radius 2 is 1.84 bits per heavy atom. The highest BCUT2D eigenvalue weighted by atomic mass is 16.6. The zero-order valence-corrected chi connectivity index (χ0v) is 13.1. The van der Waals surface area contributed by atoms with Crippen LogP contribution in [0.4, 0.5) is 4.79 Å². The lowest BCUT2D eigenvalue weighted by molar-refractivity contribution is -0.0106. The largest absolute Gasteiger partial charge is 0.444 e. The predicted molar refractivity (Wildman–Crippen MR) is 75.3 cm³/mol. The fraction of sp³-hybridized carbons (Fsp3) is 0.929. The maximum Gasteiger partial charge on any atom is 0.410 e. The highest BCUT2D eigenvalue weighted by Gasteiger charge is 2.30. The Labute approximate surface area is 116 Å². The summed E-state index contributed by atoms with van der Waals surface area (Å²) in [5.74, 6) is 0. The Balaban J connectivity index is 2.48. The van der Waals surface area contributed by atoms with Gasteiger partial charge in [-0.1, -0.05) is 0 Å². The van der Waals surface area contributed by atoms with E-state index in [4.69, 9.17) is 9.47 Å². The Kier molecular flexibility index (Phi) is 5.21. The van der Waals surface area contributed by atoms with Gasteiger partial charge in [0, 0.05) is 18.6 Å². The number of amides is 1. The summed E-state index contributed by atoms with van der Waals surface area (Å²) in [7, 11) is 0.